The normalized spacial score (nSPS) is 16.1. The molecule has 172 valence electrons. The molecule has 1 amide bonds. The minimum Gasteiger partial charge on any atom is -0.475 e. The fraction of sp³-hybridized carbons (Fsp3) is 0.391. The molecule has 0 aromatic heterocycles. The molecule has 32 heavy (non-hydrogen) atoms. The van der Waals surface area contributed by atoms with Crippen molar-refractivity contribution < 1.29 is 27.5 Å². The van der Waals surface area contributed by atoms with Crippen LogP contribution in [0, 0.1) is 0 Å². The fourth-order valence-electron chi connectivity index (χ4n) is 3.41. The third-order valence-corrected chi connectivity index (χ3v) is 6.61. The summed E-state index contributed by atoms with van der Waals surface area (Å²) in [4.78, 5) is 26.7. The number of nitrogens with zero attached hydrogens (tertiary/aromatic N) is 1. The maximum Gasteiger partial charge on any atom is 0.348 e. The van der Waals surface area contributed by atoms with Crippen LogP contribution in [0.5, 0.6) is 5.75 Å². The zero-order valence-corrected chi connectivity index (χ0v) is 19.4. The van der Waals surface area contributed by atoms with Gasteiger partial charge in [0.2, 0.25) is 22.0 Å². The number of hydrogen-bond acceptors (Lipinski definition) is 6. The summed E-state index contributed by atoms with van der Waals surface area (Å²) < 4.78 is 37.9. The average Bonchev–Trinajstić information content (AvgIpc) is 2.74. The van der Waals surface area contributed by atoms with E-state index in [4.69, 9.17) is 9.47 Å². The summed E-state index contributed by atoms with van der Waals surface area (Å²) in [6, 6.07) is 13.5. The smallest absolute Gasteiger partial charge is 0.348 e. The number of anilines is 1. The molecular formula is C23H28N2O6S. The number of methoxy groups -OCH3 is 1. The first-order chi connectivity index (χ1) is 15.0. The van der Waals surface area contributed by atoms with Crippen molar-refractivity contribution >= 4 is 27.6 Å². The summed E-state index contributed by atoms with van der Waals surface area (Å²) in [5.41, 5.74) is 0.854. The van der Waals surface area contributed by atoms with Gasteiger partial charge >= 0.3 is 5.97 Å². The first kappa shape index (κ1) is 23.7. The minimum atomic E-state index is -3.62. The summed E-state index contributed by atoms with van der Waals surface area (Å²) in [7, 11) is -2.34. The number of esters is 1. The molecule has 9 heteroatoms. The number of rotatable bonds is 6. The van der Waals surface area contributed by atoms with Gasteiger partial charge in [-0.05, 0) is 57.0 Å². The number of hydrogen-bond donors (Lipinski definition) is 1. The molecule has 1 aliphatic heterocycles. The summed E-state index contributed by atoms with van der Waals surface area (Å²) >= 11 is 0. The lowest BCUT2D eigenvalue weighted by Gasteiger charge is -2.33. The third kappa shape index (κ3) is 5.66. The van der Waals surface area contributed by atoms with Gasteiger partial charge in [0.15, 0.2) is 0 Å². The summed E-state index contributed by atoms with van der Waals surface area (Å²) in [6.45, 7) is 5.40. The minimum absolute atomic E-state index is 0.0676. The summed E-state index contributed by atoms with van der Waals surface area (Å²) in [5, 5.41) is 0. The van der Waals surface area contributed by atoms with Crippen LogP contribution in [0.3, 0.4) is 0 Å². The molecule has 0 fully saturated rings. The van der Waals surface area contributed by atoms with Gasteiger partial charge in [0.1, 0.15) is 5.75 Å². The highest BCUT2D eigenvalue weighted by Crippen LogP contribution is 2.34. The van der Waals surface area contributed by atoms with E-state index in [0.29, 0.717) is 17.9 Å². The maximum atomic E-state index is 13.0. The Balaban J connectivity index is 1.69. The van der Waals surface area contributed by atoms with Crippen molar-refractivity contribution in [3.8, 4) is 5.75 Å². The molecule has 0 aliphatic carbocycles. The maximum absolute atomic E-state index is 13.0. The van der Waals surface area contributed by atoms with Crippen LogP contribution in [0.25, 0.3) is 0 Å². The molecule has 0 saturated heterocycles. The first-order valence-electron chi connectivity index (χ1n) is 10.3. The van der Waals surface area contributed by atoms with Crippen molar-refractivity contribution in [1.29, 1.82) is 0 Å². The highest BCUT2D eigenvalue weighted by atomic mass is 32.2. The van der Waals surface area contributed by atoms with Gasteiger partial charge in [0.25, 0.3) is 0 Å². The second-order valence-electron chi connectivity index (χ2n) is 8.60. The third-order valence-electron chi connectivity index (χ3n) is 4.84. The van der Waals surface area contributed by atoms with E-state index in [9.17, 15) is 18.0 Å². The number of benzene rings is 2. The van der Waals surface area contributed by atoms with Crippen molar-refractivity contribution in [3.05, 3.63) is 54.1 Å². The predicted molar refractivity (Wildman–Crippen MR) is 120 cm³/mol. The van der Waals surface area contributed by atoms with Crippen molar-refractivity contribution in [2.75, 3.05) is 18.6 Å². The molecule has 3 rings (SSSR count). The van der Waals surface area contributed by atoms with Crippen molar-refractivity contribution in [1.82, 2.24) is 4.72 Å². The molecule has 0 unspecified atom stereocenters. The highest BCUT2D eigenvalue weighted by molar-refractivity contribution is 7.89. The number of sulfonamides is 1. The van der Waals surface area contributed by atoms with Crippen LogP contribution in [0.4, 0.5) is 5.69 Å². The van der Waals surface area contributed by atoms with Gasteiger partial charge in [-0.2, -0.15) is 0 Å². The zero-order valence-electron chi connectivity index (χ0n) is 18.6. The number of nitrogens with one attached hydrogen (secondary N) is 1. The second kappa shape index (κ2) is 9.30. The van der Waals surface area contributed by atoms with Gasteiger partial charge < -0.3 is 14.4 Å². The van der Waals surface area contributed by atoms with Crippen LogP contribution in [-0.2, 0) is 30.8 Å². The Kier molecular flexibility index (Phi) is 6.90. The molecule has 1 atom stereocenters. The summed E-state index contributed by atoms with van der Waals surface area (Å²) in [6.07, 6.45) is -0.276. The average molecular weight is 461 g/mol. The van der Waals surface area contributed by atoms with Crippen LogP contribution >= 0.6 is 0 Å². The number of ether oxygens (including phenoxy) is 2. The van der Waals surface area contributed by atoms with Crippen molar-refractivity contribution in [2.24, 2.45) is 0 Å². The Bertz CT molecular complexity index is 1090. The topological polar surface area (TPSA) is 102 Å². The Labute approximate surface area is 188 Å². The Morgan fingerprint density at radius 1 is 1.12 bits per heavy atom. The number of aryl methyl sites for hydroxylation is 1. The number of fused-ring (bicyclic) bond motifs is 1. The Hall–Kier alpha value is -2.91. The molecule has 0 spiro atoms. The first-order valence-corrected chi connectivity index (χ1v) is 11.8. The van der Waals surface area contributed by atoms with Crippen LogP contribution in [0.2, 0.25) is 0 Å². The standard InChI is InChI=1S/C23H28N2O6S/c1-23(2,3)24-32(28,29)17-12-9-16(10-13-17)11-14-21(26)25-15-20(22(27)30-4)31-19-8-6-5-7-18(19)25/h5-10,12-13,20,24H,11,14-15H2,1-4H3/t20-/m0/s1. The van der Waals surface area contributed by atoms with Crippen LogP contribution in [0.1, 0.15) is 32.8 Å². The van der Waals surface area contributed by atoms with E-state index in [-0.39, 0.29) is 23.8 Å². The molecule has 2 aromatic carbocycles. The second-order valence-corrected chi connectivity index (χ2v) is 10.3. The van der Waals surface area contributed by atoms with Crippen LogP contribution in [-0.4, -0.2) is 45.6 Å². The van der Waals surface area contributed by atoms with E-state index in [1.165, 1.54) is 24.1 Å². The van der Waals surface area contributed by atoms with Gasteiger partial charge in [-0.1, -0.05) is 24.3 Å². The van der Waals surface area contributed by atoms with Gasteiger partial charge in [-0.15, -0.1) is 0 Å². The Morgan fingerprint density at radius 2 is 1.78 bits per heavy atom. The van der Waals surface area contributed by atoms with E-state index in [2.05, 4.69) is 4.72 Å². The SMILES string of the molecule is COC(=O)[C@@H]1CN(C(=O)CCc2ccc(S(=O)(=O)NC(C)(C)C)cc2)c2ccccc2O1. The molecule has 0 radical (unpaired) electrons. The fourth-order valence-corrected chi connectivity index (χ4v) is 4.83. The molecular weight excluding hydrogens is 432 g/mol. The largest absolute Gasteiger partial charge is 0.475 e. The van der Waals surface area contributed by atoms with E-state index < -0.39 is 27.6 Å². The van der Waals surface area contributed by atoms with E-state index in [1.807, 2.05) is 0 Å². The number of carbonyl (C=O) groups is 2. The number of carbonyl (C=O) groups excluding carboxylic acids is 2. The molecule has 0 bridgehead atoms. The lowest BCUT2D eigenvalue weighted by molar-refractivity contribution is -0.148. The zero-order chi connectivity index (χ0) is 23.5. The Morgan fingerprint density at radius 3 is 2.41 bits per heavy atom. The predicted octanol–water partition coefficient (Wildman–Crippen LogP) is 2.66. The molecule has 1 N–H and O–H groups in total. The number of amides is 1. The van der Waals surface area contributed by atoms with Gasteiger partial charge in [0.05, 0.1) is 24.2 Å². The molecule has 2 aromatic rings. The van der Waals surface area contributed by atoms with E-state index in [0.717, 1.165) is 5.56 Å². The molecule has 8 nitrogen and oxygen atoms in total. The quantitative estimate of drug-likeness (QED) is 0.665. The lowest BCUT2D eigenvalue weighted by atomic mass is 10.1. The van der Waals surface area contributed by atoms with Gasteiger partial charge in [-0.3, -0.25) is 4.79 Å². The summed E-state index contributed by atoms with van der Waals surface area (Å²) in [5.74, 6) is -0.262. The van der Waals surface area contributed by atoms with Crippen LogP contribution < -0.4 is 14.4 Å². The molecule has 1 heterocycles. The lowest BCUT2D eigenvalue weighted by Crippen LogP contribution is -2.47. The molecule has 0 saturated carbocycles. The number of para-hydroxylation sites is 2. The van der Waals surface area contributed by atoms with Crippen molar-refractivity contribution in [3.63, 3.8) is 0 Å². The molecule has 1 aliphatic rings. The monoisotopic (exact) mass is 460 g/mol. The van der Waals surface area contributed by atoms with Crippen LogP contribution in [0.15, 0.2) is 53.4 Å². The van der Waals surface area contributed by atoms with Gasteiger partial charge in [0, 0.05) is 12.0 Å². The van der Waals surface area contributed by atoms with E-state index >= 15 is 0 Å². The van der Waals surface area contributed by atoms with E-state index in [1.54, 1.807) is 57.2 Å². The van der Waals surface area contributed by atoms with Gasteiger partial charge in [-0.25, -0.2) is 17.9 Å². The van der Waals surface area contributed by atoms with Crippen molar-refractivity contribution in [2.45, 2.75) is 50.2 Å². The highest BCUT2D eigenvalue weighted by Gasteiger charge is 2.34.